The molecule has 3 amide bonds. The zero-order chi connectivity index (χ0) is 40.7. The number of hydrogen-bond acceptors (Lipinski definition) is 6. The Morgan fingerprint density at radius 2 is 1.60 bits per heavy atom. The Kier molecular flexibility index (Phi) is 13.4. The second-order valence-electron chi connectivity index (χ2n) is 15.6. The Morgan fingerprint density at radius 1 is 0.930 bits per heavy atom. The summed E-state index contributed by atoms with van der Waals surface area (Å²) in [7, 11) is 1.61. The largest absolute Gasteiger partial charge is 0.497 e. The van der Waals surface area contributed by atoms with Crippen molar-refractivity contribution < 1.29 is 33.0 Å². The van der Waals surface area contributed by atoms with Crippen LogP contribution in [0, 0.1) is 17.6 Å². The highest BCUT2D eigenvalue weighted by molar-refractivity contribution is 5.96. The van der Waals surface area contributed by atoms with Crippen LogP contribution in [0.25, 0.3) is 0 Å². The number of amides is 3. The minimum atomic E-state index is -1.20. The third-order valence-electron chi connectivity index (χ3n) is 11.9. The van der Waals surface area contributed by atoms with Crippen molar-refractivity contribution in [2.45, 2.75) is 102 Å². The number of carbonyl (C=O) groups is 3. The Balaban J connectivity index is 1.35. The molecule has 1 saturated heterocycles. The second-order valence-corrected chi connectivity index (χ2v) is 15.6. The summed E-state index contributed by atoms with van der Waals surface area (Å²) in [5, 5.41) is 18.6. The van der Waals surface area contributed by atoms with Gasteiger partial charge in [0, 0.05) is 38.7 Å². The highest BCUT2D eigenvalue weighted by atomic mass is 19.1. The number of aliphatic hydroxyl groups is 1. The molecule has 4 aromatic rings. The van der Waals surface area contributed by atoms with E-state index >= 15 is 0 Å². The molecular weight excluding hydrogens is 727 g/mol. The number of halogens is 2. The number of rotatable bonds is 16. The van der Waals surface area contributed by atoms with Crippen molar-refractivity contribution in [2.24, 2.45) is 5.92 Å². The lowest BCUT2D eigenvalue weighted by atomic mass is 9.81. The molecule has 0 spiro atoms. The van der Waals surface area contributed by atoms with Gasteiger partial charge < -0.3 is 25.4 Å². The quantitative estimate of drug-likeness (QED) is 0.126. The molecule has 1 fully saturated rings. The van der Waals surface area contributed by atoms with E-state index in [0.717, 1.165) is 34.1 Å². The first kappa shape index (κ1) is 41.5. The third kappa shape index (κ3) is 9.71. The summed E-state index contributed by atoms with van der Waals surface area (Å²) in [5.74, 6) is -2.13. The number of aliphatic hydroxyl groups excluding tert-OH is 1. The van der Waals surface area contributed by atoms with E-state index in [1.54, 1.807) is 12.0 Å². The molecule has 2 aliphatic heterocycles. The molecule has 2 aliphatic rings. The standard InChI is InChI=1S/C46H54F2N4O5/c1-5-30(2)46(50-31(3)53)21-22-52(45(46)56)41(20-17-32-11-7-6-8-12-32)44(55)49-40(25-34-23-37(47)27-38(48)24-34)43(54)42-26-35-13-9-10-14-36(35)29-51(42)28-33-15-18-39(57-4)19-16-33/h6-16,18-19,23-24,27,30,40-43,54H,5,17,20-22,25-26,28-29H2,1-4H3,(H,49,55)(H,50,53)/t30-,40+,41?,42?,43+,46?/m1/s1. The monoisotopic (exact) mass is 780 g/mol. The fraction of sp³-hybridized carbons (Fsp3) is 0.413. The summed E-state index contributed by atoms with van der Waals surface area (Å²) >= 11 is 0. The molecule has 0 bridgehead atoms. The predicted molar refractivity (Wildman–Crippen MR) is 215 cm³/mol. The van der Waals surface area contributed by atoms with Crippen molar-refractivity contribution in [3.05, 3.63) is 137 Å². The maximum atomic E-state index is 14.8. The Morgan fingerprint density at radius 3 is 2.25 bits per heavy atom. The lowest BCUT2D eigenvalue weighted by Crippen LogP contribution is -2.61. The van der Waals surface area contributed by atoms with Crippen LogP contribution in [0.1, 0.15) is 67.9 Å². The summed E-state index contributed by atoms with van der Waals surface area (Å²) in [6.07, 6.45) is 0.927. The summed E-state index contributed by atoms with van der Waals surface area (Å²) in [6.45, 7) is 6.55. The molecule has 3 unspecified atom stereocenters. The second kappa shape index (κ2) is 18.4. The van der Waals surface area contributed by atoms with Gasteiger partial charge in [-0.1, -0.05) is 87.0 Å². The van der Waals surface area contributed by atoms with Crippen LogP contribution in [-0.2, 0) is 46.7 Å². The zero-order valence-electron chi connectivity index (χ0n) is 33.2. The minimum absolute atomic E-state index is 0.0713. The normalized spacial score (nSPS) is 20.3. The van der Waals surface area contributed by atoms with Crippen molar-refractivity contribution in [3.8, 4) is 5.75 Å². The van der Waals surface area contributed by atoms with Gasteiger partial charge in [0.1, 0.15) is 29.0 Å². The molecule has 3 N–H and O–H groups in total. The summed E-state index contributed by atoms with van der Waals surface area (Å²) in [6, 6.07) is 26.2. The van der Waals surface area contributed by atoms with Crippen LogP contribution in [0.2, 0.25) is 0 Å². The molecule has 57 heavy (non-hydrogen) atoms. The molecule has 0 aromatic heterocycles. The van der Waals surface area contributed by atoms with Crippen molar-refractivity contribution in [1.29, 1.82) is 0 Å². The number of aryl methyl sites for hydroxylation is 1. The first-order chi connectivity index (χ1) is 27.4. The number of nitrogens with one attached hydrogen (secondary N) is 2. The van der Waals surface area contributed by atoms with E-state index in [1.807, 2.05) is 86.6 Å². The van der Waals surface area contributed by atoms with Gasteiger partial charge in [0.2, 0.25) is 17.7 Å². The van der Waals surface area contributed by atoms with Crippen LogP contribution in [0.15, 0.2) is 97.1 Å². The van der Waals surface area contributed by atoms with Crippen LogP contribution < -0.4 is 15.4 Å². The average Bonchev–Trinajstić information content (AvgIpc) is 3.52. The van der Waals surface area contributed by atoms with Crippen LogP contribution in [0.3, 0.4) is 0 Å². The fourth-order valence-corrected chi connectivity index (χ4v) is 8.66. The van der Waals surface area contributed by atoms with E-state index in [4.69, 9.17) is 4.74 Å². The van der Waals surface area contributed by atoms with E-state index in [1.165, 1.54) is 19.1 Å². The summed E-state index contributed by atoms with van der Waals surface area (Å²) < 4.78 is 34.6. The molecule has 0 aliphatic carbocycles. The van der Waals surface area contributed by atoms with E-state index in [-0.39, 0.29) is 42.7 Å². The van der Waals surface area contributed by atoms with E-state index in [2.05, 4.69) is 21.6 Å². The first-order valence-corrected chi connectivity index (χ1v) is 19.9. The molecule has 2 heterocycles. The fourth-order valence-electron chi connectivity index (χ4n) is 8.66. The van der Waals surface area contributed by atoms with Gasteiger partial charge in [-0.25, -0.2) is 8.78 Å². The zero-order valence-corrected chi connectivity index (χ0v) is 33.2. The van der Waals surface area contributed by atoms with Gasteiger partial charge >= 0.3 is 0 Å². The van der Waals surface area contributed by atoms with Crippen molar-refractivity contribution in [1.82, 2.24) is 20.4 Å². The smallest absolute Gasteiger partial charge is 0.249 e. The topological polar surface area (TPSA) is 111 Å². The number of likely N-dealkylation sites (tertiary alicyclic amines) is 1. The molecule has 6 atom stereocenters. The molecular formula is C46H54F2N4O5. The Bertz CT molecular complexity index is 1990. The maximum Gasteiger partial charge on any atom is 0.249 e. The van der Waals surface area contributed by atoms with Gasteiger partial charge in [-0.3, -0.25) is 19.3 Å². The lowest BCUT2D eigenvalue weighted by molar-refractivity contribution is -0.144. The van der Waals surface area contributed by atoms with Crippen LogP contribution >= 0.6 is 0 Å². The SMILES string of the molecule is CC[C@@H](C)C1(NC(C)=O)CCN(C(CCc2ccccc2)C(=O)N[C@@H](Cc2cc(F)cc(F)c2)[C@H](O)C2Cc3ccccc3CN2Cc2ccc(OC)cc2)C1=O. The van der Waals surface area contributed by atoms with E-state index in [9.17, 15) is 28.3 Å². The molecule has 0 radical (unpaired) electrons. The summed E-state index contributed by atoms with van der Waals surface area (Å²) in [4.78, 5) is 45.6. The number of carbonyl (C=O) groups excluding carboxylic acids is 3. The van der Waals surface area contributed by atoms with Crippen molar-refractivity contribution >= 4 is 17.7 Å². The number of methoxy groups -OCH3 is 1. The molecule has 6 rings (SSSR count). The van der Waals surface area contributed by atoms with Crippen LogP contribution in [-0.4, -0.2) is 76.1 Å². The highest BCUT2D eigenvalue weighted by Crippen LogP contribution is 2.35. The van der Waals surface area contributed by atoms with E-state index in [0.29, 0.717) is 38.8 Å². The number of benzene rings is 4. The van der Waals surface area contributed by atoms with Gasteiger partial charge in [0.25, 0.3) is 0 Å². The Hall–Kier alpha value is -5.13. The van der Waals surface area contributed by atoms with Crippen LogP contribution in [0.4, 0.5) is 8.78 Å². The first-order valence-electron chi connectivity index (χ1n) is 19.9. The maximum absolute atomic E-state index is 14.8. The van der Waals surface area contributed by atoms with E-state index < -0.39 is 47.3 Å². The number of fused-ring (bicyclic) bond motifs is 1. The summed E-state index contributed by atoms with van der Waals surface area (Å²) in [5.41, 5.74) is 3.28. The number of hydrogen-bond donors (Lipinski definition) is 3. The average molecular weight is 781 g/mol. The molecule has 0 saturated carbocycles. The minimum Gasteiger partial charge on any atom is -0.497 e. The molecule has 9 nitrogen and oxygen atoms in total. The molecule has 4 aromatic carbocycles. The van der Waals surface area contributed by atoms with Gasteiger partial charge in [-0.15, -0.1) is 0 Å². The van der Waals surface area contributed by atoms with Gasteiger partial charge in [-0.05, 0) is 90.1 Å². The van der Waals surface area contributed by atoms with Gasteiger partial charge in [0.15, 0.2) is 0 Å². The number of nitrogens with zero attached hydrogens (tertiary/aromatic N) is 2. The predicted octanol–water partition coefficient (Wildman–Crippen LogP) is 6.14. The lowest BCUT2D eigenvalue weighted by Gasteiger charge is -2.42. The molecule has 302 valence electrons. The highest BCUT2D eigenvalue weighted by Gasteiger charge is 2.53. The van der Waals surface area contributed by atoms with Gasteiger partial charge in [0.05, 0.1) is 19.3 Å². The third-order valence-corrected chi connectivity index (χ3v) is 11.9. The molecule has 11 heteroatoms. The van der Waals surface area contributed by atoms with Crippen molar-refractivity contribution in [3.63, 3.8) is 0 Å². The number of ether oxygens (including phenoxy) is 1. The van der Waals surface area contributed by atoms with Gasteiger partial charge in [-0.2, -0.15) is 0 Å². The Labute approximate surface area is 334 Å². The van der Waals surface area contributed by atoms with Crippen LogP contribution in [0.5, 0.6) is 5.75 Å². The van der Waals surface area contributed by atoms with Crippen molar-refractivity contribution in [2.75, 3.05) is 13.7 Å².